The topological polar surface area (TPSA) is 187 Å². The first kappa shape index (κ1) is 31.4. The second-order valence-corrected chi connectivity index (χ2v) is 9.77. The quantitative estimate of drug-likeness (QED) is 0.178. The summed E-state index contributed by atoms with van der Waals surface area (Å²) >= 11 is 1.49. The number of benzene rings is 2. The van der Waals surface area contributed by atoms with Crippen LogP contribution in [0.25, 0.3) is 0 Å². The van der Waals surface area contributed by atoms with Crippen LogP contribution in [-0.2, 0) is 30.5 Å². The molecule has 0 spiro atoms. The van der Waals surface area contributed by atoms with Crippen LogP contribution in [-0.4, -0.2) is 64.5 Å². The predicted molar refractivity (Wildman–Crippen MR) is 154 cm³/mol. The number of aromatic nitrogens is 1. The summed E-state index contributed by atoms with van der Waals surface area (Å²) < 4.78 is 0. The zero-order valence-electron chi connectivity index (χ0n) is 22.4. The molecule has 1 heterocycles. The molecule has 0 radical (unpaired) electrons. The van der Waals surface area contributed by atoms with E-state index in [2.05, 4.69) is 26.3 Å². The van der Waals surface area contributed by atoms with Gasteiger partial charge in [-0.15, -0.1) is 11.3 Å². The summed E-state index contributed by atoms with van der Waals surface area (Å²) in [7, 11) is 3.47. The van der Waals surface area contributed by atoms with Crippen molar-refractivity contribution >= 4 is 52.5 Å². The van der Waals surface area contributed by atoms with E-state index >= 15 is 0 Å². The third-order valence-corrected chi connectivity index (χ3v) is 6.39. The van der Waals surface area contributed by atoms with Gasteiger partial charge in [-0.3, -0.25) is 9.59 Å². The van der Waals surface area contributed by atoms with E-state index in [0.717, 1.165) is 59.4 Å². The molecule has 0 saturated heterocycles. The maximum absolute atomic E-state index is 12.1. The van der Waals surface area contributed by atoms with Gasteiger partial charge in [0.25, 0.3) is 5.91 Å². The number of hydrogen-bond acceptors (Lipinski definition) is 6. The van der Waals surface area contributed by atoms with E-state index in [4.69, 9.17) is 15.0 Å². The van der Waals surface area contributed by atoms with Crippen molar-refractivity contribution in [1.82, 2.24) is 9.88 Å². The number of aryl methyl sites for hydroxylation is 4. The molecule has 0 aliphatic rings. The number of thiazole rings is 1. The molecule has 6 N–H and O–H groups in total. The minimum atomic E-state index is -1.33. The van der Waals surface area contributed by atoms with Gasteiger partial charge >= 0.3 is 12.2 Å². The molecule has 0 aliphatic carbocycles. The Labute approximate surface area is 235 Å². The van der Waals surface area contributed by atoms with Crippen molar-refractivity contribution in [3.63, 3.8) is 0 Å². The summed E-state index contributed by atoms with van der Waals surface area (Å²) in [5.74, 6) is -0.180. The van der Waals surface area contributed by atoms with Gasteiger partial charge in [-0.25, -0.2) is 14.6 Å². The van der Waals surface area contributed by atoms with Crippen LogP contribution in [0.3, 0.4) is 0 Å². The summed E-state index contributed by atoms with van der Waals surface area (Å²) in [4.78, 5) is 53.5. The van der Waals surface area contributed by atoms with Gasteiger partial charge in [-0.2, -0.15) is 4.99 Å². The molecular weight excluding hydrogens is 536 g/mol. The maximum atomic E-state index is 12.1. The molecule has 4 amide bonds. The van der Waals surface area contributed by atoms with Crippen LogP contribution < -0.4 is 16.4 Å². The molecule has 0 fully saturated rings. The van der Waals surface area contributed by atoms with Crippen molar-refractivity contribution in [3.05, 3.63) is 75.8 Å². The molecule has 212 valence electrons. The summed E-state index contributed by atoms with van der Waals surface area (Å²) in [6, 6.07) is 15.3. The van der Waals surface area contributed by atoms with Crippen LogP contribution in [0, 0.1) is 0 Å². The third-order valence-electron chi connectivity index (χ3n) is 5.32. The standard InChI is InChI=1S/C26H29N5O4S.CH3NO2/c1-17(32)29-25-30-22(14-8-19-6-12-21(13-7-19)27-16-28-26(34)35)23(36-25)15-9-18-4-10-20(11-5-18)24(33)31(2)3;2-1(3)4/h4-7,10-13,16H,8-9,14-15H2,1-3H3,(H,27,28)(H,34,35)(H,29,30,32);2H2,(H,3,4). The highest BCUT2D eigenvalue weighted by atomic mass is 32.1. The number of carbonyl (C=O) groups is 4. The highest BCUT2D eigenvalue weighted by molar-refractivity contribution is 7.15. The number of carbonyl (C=O) groups excluding carboxylic acids is 2. The number of anilines is 2. The maximum Gasteiger partial charge on any atom is 0.432 e. The minimum absolute atomic E-state index is 0.0246. The second kappa shape index (κ2) is 15.6. The lowest BCUT2D eigenvalue weighted by Gasteiger charge is -2.10. The normalized spacial score (nSPS) is 10.4. The van der Waals surface area contributed by atoms with E-state index in [1.165, 1.54) is 18.3 Å². The van der Waals surface area contributed by atoms with E-state index in [1.807, 2.05) is 48.5 Å². The molecule has 0 atom stereocenters. The fraction of sp³-hybridized carbons (Fsp3) is 0.259. The molecule has 12 nitrogen and oxygen atoms in total. The number of rotatable bonds is 10. The van der Waals surface area contributed by atoms with Crippen LogP contribution in [0.2, 0.25) is 0 Å². The first-order chi connectivity index (χ1) is 18.9. The van der Waals surface area contributed by atoms with Crippen LogP contribution in [0.4, 0.5) is 20.4 Å². The first-order valence-electron chi connectivity index (χ1n) is 12.1. The number of aliphatic imine (C=N–C) groups is 1. The van der Waals surface area contributed by atoms with E-state index in [0.29, 0.717) is 10.7 Å². The fourth-order valence-electron chi connectivity index (χ4n) is 3.50. The number of hydrogen-bond donors (Lipinski definition) is 5. The average molecular weight is 569 g/mol. The van der Waals surface area contributed by atoms with Crippen molar-refractivity contribution in [2.24, 2.45) is 10.7 Å². The first-order valence-corrected chi connectivity index (χ1v) is 12.9. The Morgan fingerprint density at radius 1 is 0.950 bits per heavy atom. The van der Waals surface area contributed by atoms with Gasteiger partial charge in [0.1, 0.15) is 0 Å². The molecule has 0 aliphatic heterocycles. The summed E-state index contributed by atoms with van der Waals surface area (Å²) in [5.41, 5.74) is 8.62. The van der Waals surface area contributed by atoms with Crippen LogP contribution in [0.15, 0.2) is 53.5 Å². The Kier molecular flexibility index (Phi) is 12.3. The third kappa shape index (κ3) is 11.3. The largest absolute Gasteiger partial charge is 0.465 e. The number of amides is 4. The number of nitrogens with zero attached hydrogens (tertiary/aromatic N) is 3. The molecule has 3 aromatic rings. The van der Waals surface area contributed by atoms with Gasteiger partial charge in [0.2, 0.25) is 5.91 Å². The van der Waals surface area contributed by atoms with Crippen molar-refractivity contribution < 1.29 is 29.4 Å². The van der Waals surface area contributed by atoms with Gasteiger partial charge in [0.05, 0.1) is 12.0 Å². The molecular formula is C27H32N6O6S. The summed E-state index contributed by atoms with van der Waals surface area (Å²) in [5, 5.41) is 21.9. The molecule has 0 unspecified atom stereocenters. The SMILES string of the molecule is CC(=O)Nc1nc(CCc2ccc(NC=NC(=O)O)cc2)c(CCc2ccc(C(=O)N(C)C)cc2)s1.NC(=O)O. The minimum Gasteiger partial charge on any atom is -0.465 e. The molecule has 1 aromatic heterocycles. The molecule has 0 saturated carbocycles. The monoisotopic (exact) mass is 568 g/mol. The summed E-state index contributed by atoms with van der Waals surface area (Å²) in [6.07, 6.45) is 1.60. The summed E-state index contributed by atoms with van der Waals surface area (Å²) in [6.45, 7) is 1.47. The Morgan fingerprint density at radius 2 is 1.50 bits per heavy atom. The second-order valence-electron chi connectivity index (χ2n) is 8.69. The van der Waals surface area contributed by atoms with E-state index in [1.54, 1.807) is 19.0 Å². The smallest absolute Gasteiger partial charge is 0.432 e. The van der Waals surface area contributed by atoms with Crippen molar-refractivity contribution in [1.29, 1.82) is 0 Å². The molecule has 40 heavy (non-hydrogen) atoms. The Balaban J connectivity index is 0.00000131. The zero-order chi connectivity index (χ0) is 29.7. The van der Waals surface area contributed by atoms with Crippen LogP contribution in [0.1, 0.15) is 39.0 Å². The Hall–Kier alpha value is -4.78. The number of carboxylic acid groups (broad SMARTS) is 2. The lowest BCUT2D eigenvalue weighted by Crippen LogP contribution is -2.21. The average Bonchev–Trinajstić information content (AvgIpc) is 3.26. The van der Waals surface area contributed by atoms with Gasteiger partial charge < -0.3 is 31.5 Å². The molecule has 0 bridgehead atoms. The van der Waals surface area contributed by atoms with Gasteiger partial charge in [0, 0.05) is 37.1 Å². The van der Waals surface area contributed by atoms with Gasteiger partial charge in [0.15, 0.2) is 5.13 Å². The molecule has 2 aromatic carbocycles. The number of primary amides is 1. The lowest BCUT2D eigenvalue weighted by atomic mass is 10.0. The fourth-order valence-corrected chi connectivity index (χ4v) is 4.55. The van der Waals surface area contributed by atoms with Crippen molar-refractivity contribution in [2.75, 3.05) is 24.7 Å². The Bertz CT molecular complexity index is 1330. The van der Waals surface area contributed by atoms with Crippen molar-refractivity contribution in [2.45, 2.75) is 32.6 Å². The van der Waals surface area contributed by atoms with Gasteiger partial charge in [-0.05, 0) is 61.1 Å². The molecule has 3 rings (SSSR count). The number of nitrogens with one attached hydrogen (secondary N) is 2. The Morgan fingerprint density at radius 3 is 2.02 bits per heavy atom. The van der Waals surface area contributed by atoms with Crippen LogP contribution >= 0.6 is 11.3 Å². The van der Waals surface area contributed by atoms with Crippen molar-refractivity contribution in [3.8, 4) is 0 Å². The van der Waals surface area contributed by atoms with Gasteiger partial charge in [-0.1, -0.05) is 24.3 Å². The van der Waals surface area contributed by atoms with E-state index in [9.17, 15) is 14.4 Å². The number of nitrogens with two attached hydrogens (primary N) is 1. The molecule has 13 heteroatoms. The predicted octanol–water partition coefficient (Wildman–Crippen LogP) is 4.12. The van der Waals surface area contributed by atoms with E-state index in [-0.39, 0.29) is 11.8 Å². The highest BCUT2D eigenvalue weighted by Crippen LogP contribution is 2.26. The highest BCUT2D eigenvalue weighted by Gasteiger charge is 2.13. The zero-order valence-corrected chi connectivity index (χ0v) is 23.2. The van der Waals surface area contributed by atoms with Crippen LogP contribution in [0.5, 0.6) is 0 Å². The van der Waals surface area contributed by atoms with E-state index < -0.39 is 12.2 Å². The lowest BCUT2D eigenvalue weighted by molar-refractivity contribution is -0.114.